The zero-order chi connectivity index (χ0) is 15.8. The molecule has 5 nitrogen and oxygen atoms in total. The number of fused-ring (bicyclic) bond motifs is 2. The normalized spacial score (nSPS) is 33.8. The fourth-order valence-corrected chi connectivity index (χ4v) is 4.09. The third kappa shape index (κ3) is 3.13. The first-order valence-electron chi connectivity index (χ1n) is 8.65. The first kappa shape index (κ1) is 15.1. The standard InChI is InChI=1S/C18H25N3O2/c1-12-9-21-10-15(7-16(21)11-23-12)20-18(22)17-6-13-4-2-3-5-14(13)8-19-17/h2-5,12,15-17,19H,6-11H2,1H3,(H,20,22)/t12-,15+,16-,17+/m0/s1. The Bertz CT molecular complexity index is 591. The van der Waals surface area contributed by atoms with Crippen molar-refractivity contribution in [1.82, 2.24) is 15.5 Å². The molecule has 0 radical (unpaired) electrons. The van der Waals surface area contributed by atoms with Crippen molar-refractivity contribution in [2.45, 2.75) is 50.5 Å². The van der Waals surface area contributed by atoms with E-state index in [1.807, 2.05) is 0 Å². The third-order valence-corrected chi connectivity index (χ3v) is 5.34. The van der Waals surface area contributed by atoms with E-state index in [1.165, 1.54) is 11.1 Å². The van der Waals surface area contributed by atoms with E-state index >= 15 is 0 Å². The Morgan fingerprint density at radius 2 is 2.13 bits per heavy atom. The monoisotopic (exact) mass is 315 g/mol. The van der Waals surface area contributed by atoms with Crippen molar-refractivity contribution in [3.63, 3.8) is 0 Å². The summed E-state index contributed by atoms with van der Waals surface area (Å²) < 4.78 is 5.73. The highest BCUT2D eigenvalue weighted by atomic mass is 16.5. The zero-order valence-electron chi connectivity index (χ0n) is 13.6. The fourth-order valence-electron chi connectivity index (χ4n) is 4.09. The molecule has 0 spiro atoms. The van der Waals surface area contributed by atoms with Crippen LogP contribution < -0.4 is 10.6 Å². The van der Waals surface area contributed by atoms with Crippen LogP contribution in [0.1, 0.15) is 24.5 Å². The second-order valence-corrected chi connectivity index (χ2v) is 7.10. The molecule has 1 aromatic rings. The number of nitrogens with zero attached hydrogens (tertiary/aromatic N) is 1. The Kier molecular flexibility index (Phi) is 4.09. The first-order chi connectivity index (χ1) is 11.2. The van der Waals surface area contributed by atoms with E-state index in [1.54, 1.807) is 0 Å². The summed E-state index contributed by atoms with van der Waals surface area (Å²) in [7, 11) is 0. The quantitative estimate of drug-likeness (QED) is 0.843. The van der Waals surface area contributed by atoms with Gasteiger partial charge in [-0.05, 0) is 30.9 Å². The van der Waals surface area contributed by atoms with E-state index in [2.05, 4.69) is 46.7 Å². The number of benzene rings is 1. The Labute approximate surface area is 137 Å². The van der Waals surface area contributed by atoms with Gasteiger partial charge in [-0.2, -0.15) is 0 Å². The Morgan fingerprint density at radius 3 is 3.00 bits per heavy atom. The van der Waals surface area contributed by atoms with Crippen molar-refractivity contribution < 1.29 is 9.53 Å². The molecule has 0 aromatic heterocycles. The summed E-state index contributed by atoms with van der Waals surface area (Å²) in [6.07, 6.45) is 2.08. The van der Waals surface area contributed by atoms with Gasteiger partial charge in [0.05, 0.1) is 18.8 Å². The summed E-state index contributed by atoms with van der Waals surface area (Å²) in [5.74, 6) is 0.137. The maximum atomic E-state index is 12.6. The van der Waals surface area contributed by atoms with Crippen LogP contribution in [0, 0.1) is 0 Å². The molecule has 3 heterocycles. The molecule has 23 heavy (non-hydrogen) atoms. The van der Waals surface area contributed by atoms with E-state index in [9.17, 15) is 4.79 Å². The minimum absolute atomic E-state index is 0.113. The lowest BCUT2D eigenvalue weighted by molar-refractivity contribution is -0.124. The van der Waals surface area contributed by atoms with Gasteiger partial charge in [-0.3, -0.25) is 9.69 Å². The summed E-state index contributed by atoms with van der Waals surface area (Å²) in [5.41, 5.74) is 2.60. The number of hydrogen-bond donors (Lipinski definition) is 2. The van der Waals surface area contributed by atoms with Gasteiger partial charge in [0.15, 0.2) is 0 Å². The number of amides is 1. The highest BCUT2D eigenvalue weighted by Gasteiger charge is 2.37. The van der Waals surface area contributed by atoms with Gasteiger partial charge in [0, 0.05) is 31.7 Å². The average Bonchev–Trinajstić information content (AvgIpc) is 2.95. The maximum absolute atomic E-state index is 12.6. The molecule has 0 aliphatic carbocycles. The molecule has 0 unspecified atom stereocenters. The van der Waals surface area contributed by atoms with Gasteiger partial charge in [-0.1, -0.05) is 24.3 Å². The Balaban J connectivity index is 1.34. The molecule has 2 N–H and O–H groups in total. The molecule has 2 saturated heterocycles. The van der Waals surface area contributed by atoms with Crippen LogP contribution in [0.5, 0.6) is 0 Å². The van der Waals surface area contributed by atoms with Crippen LogP contribution in [0.15, 0.2) is 24.3 Å². The number of carbonyl (C=O) groups is 1. The number of ether oxygens (including phenoxy) is 1. The smallest absolute Gasteiger partial charge is 0.237 e. The molecule has 3 aliphatic rings. The van der Waals surface area contributed by atoms with Gasteiger partial charge in [-0.15, -0.1) is 0 Å². The van der Waals surface area contributed by atoms with Crippen molar-refractivity contribution in [3.05, 3.63) is 35.4 Å². The van der Waals surface area contributed by atoms with Gasteiger partial charge in [0.25, 0.3) is 0 Å². The Hall–Kier alpha value is -1.43. The Morgan fingerprint density at radius 1 is 1.30 bits per heavy atom. The number of carbonyl (C=O) groups excluding carboxylic acids is 1. The van der Waals surface area contributed by atoms with E-state index < -0.39 is 0 Å². The highest BCUT2D eigenvalue weighted by molar-refractivity contribution is 5.82. The van der Waals surface area contributed by atoms with Crippen molar-refractivity contribution in [1.29, 1.82) is 0 Å². The van der Waals surface area contributed by atoms with Gasteiger partial charge in [-0.25, -0.2) is 0 Å². The molecule has 0 bridgehead atoms. The number of hydrogen-bond acceptors (Lipinski definition) is 4. The molecular weight excluding hydrogens is 290 g/mol. The van der Waals surface area contributed by atoms with E-state index in [-0.39, 0.29) is 18.0 Å². The lowest BCUT2D eigenvalue weighted by Gasteiger charge is -2.33. The summed E-state index contributed by atoms with van der Waals surface area (Å²) in [6.45, 7) is 5.62. The number of nitrogens with one attached hydrogen (secondary N) is 2. The van der Waals surface area contributed by atoms with Crippen LogP contribution in [0.25, 0.3) is 0 Å². The lowest BCUT2D eigenvalue weighted by atomic mass is 9.95. The van der Waals surface area contributed by atoms with Crippen LogP contribution in [0.2, 0.25) is 0 Å². The predicted molar refractivity (Wildman–Crippen MR) is 88.1 cm³/mol. The SMILES string of the molecule is C[C@H]1CN2C[C@H](NC(=O)[C@H]3Cc4ccccc4CN3)C[C@H]2CO1. The van der Waals surface area contributed by atoms with Gasteiger partial charge in [0.2, 0.25) is 5.91 Å². The molecule has 124 valence electrons. The summed E-state index contributed by atoms with van der Waals surface area (Å²) in [5, 5.41) is 6.62. The topological polar surface area (TPSA) is 53.6 Å². The van der Waals surface area contributed by atoms with Crippen LogP contribution >= 0.6 is 0 Å². The van der Waals surface area contributed by atoms with Crippen molar-refractivity contribution >= 4 is 5.91 Å². The molecule has 2 fully saturated rings. The molecular formula is C18H25N3O2. The second-order valence-electron chi connectivity index (χ2n) is 7.10. The molecule has 3 aliphatic heterocycles. The van der Waals surface area contributed by atoms with Gasteiger partial charge in [0.1, 0.15) is 0 Å². The minimum atomic E-state index is -0.113. The number of morpholine rings is 1. The summed E-state index contributed by atoms with van der Waals surface area (Å²) >= 11 is 0. The molecule has 4 atom stereocenters. The van der Waals surface area contributed by atoms with Crippen LogP contribution in [-0.2, 0) is 22.5 Å². The maximum Gasteiger partial charge on any atom is 0.237 e. The third-order valence-electron chi connectivity index (χ3n) is 5.34. The summed E-state index contributed by atoms with van der Waals surface area (Å²) in [4.78, 5) is 15.1. The minimum Gasteiger partial charge on any atom is -0.376 e. The summed E-state index contributed by atoms with van der Waals surface area (Å²) in [6, 6.07) is 8.97. The van der Waals surface area contributed by atoms with E-state index in [0.717, 1.165) is 39.1 Å². The van der Waals surface area contributed by atoms with Crippen LogP contribution in [-0.4, -0.2) is 54.7 Å². The van der Waals surface area contributed by atoms with Crippen molar-refractivity contribution in [2.75, 3.05) is 19.7 Å². The largest absolute Gasteiger partial charge is 0.376 e. The van der Waals surface area contributed by atoms with Crippen molar-refractivity contribution in [2.24, 2.45) is 0 Å². The fraction of sp³-hybridized carbons (Fsp3) is 0.611. The van der Waals surface area contributed by atoms with E-state index in [0.29, 0.717) is 12.1 Å². The molecule has 5 heteroatoms. The van der Waals surface area contributed by atoms with Crippen LogP contribution in [0.4, 0.5) is 0 Å². The first-order valence-corrected chi connectivity index (χ1v) is 8.65. The predicted octanol–water partition coefficient (Wildman–Crippen LogP) is 0.679. The lowest BCUT2D eigenvalue weighted by Crippen LogP contribution is -2.51. The second kappa shape index (κ2) is 6.23. The van der Waals surface area contributed by atoms with Gasteiger partial charge < -0.3 is 15.4 Å². The molecule has 0 saturated carbocycles. The van der Waals surface area contributed by atoms with Crippen LogP contribution in [0.3, 0.4) is 0 Å². The molecule has 4 rings (SSSR count). The highest BCUT2D eigenvalue weighted by Crippen LogP contribution is 2.23. The zero-order valence-corrected chi connectivity index (χ0v) is 13.6. The number of rotatable bonds is 2. The van der Waals surface area contributed by atoms with E-state index in [4.69, 9.17) is 4.74 Å². The molecule has 1 amide bonds. The van der Waals surface area contributed by atoms with Gasteiger partial charge >= 0.3 is 0 Å². The average molecular weight is 315 g/mol. The molecule has 1 aromatic carbocycles. The van der Waals surface area contributed by atoms with Crippen molar-refractivity contribution in [3.8, 4) is 0 Å².